The van der Waals surface area contributed by atoms with Crippen molar-refractivity contribution >= 4 is 17.4 Å². The standard InChI is InChI=1S/C17H21N7O/c1-12-7-16(24-17(22-12)20-11-21-24)19-9-14-3-4-15(18-8-14)23-5-6-25-13(2)10-23/h3-4,7-8,11,13,19H,5-6,9-10H2,1-2H3. The Bertz CT molecular complexity index is 861. The number of hydrogen-bond acceptors (Lipinski definition) is 7. The van der Waals surface area contributed by atoms with Crippen molar-refractivity contribution in [3.63, 3.8) is 0 Å². The molecule has 3 aromatic rings. The van der Waals surface area contributed by atoms with Crippen LogP contribution in [0.3, 0.4) is 0 Å². The lowest BCUT2D eigenvalue weighted by molar-refractivity contribution is 0.0529. The predicted octanol–water partition coefficient (Wildman–Crippen LogP) is 1.66. The molecule has 0 aliphatic carbocycles. The van der Waals surface area contributed by atoms with E-state index in [2.05, 4.69) is 49.3 Å². The average molecular weight is 339 g/mol. The topological polar surface area (TPSA) is 80.5 Å². The Kier molecular flexibility index (Phi) is 4.19. The highest BCUT2D eigenvalue weighted by Crippen LogP contribution is 2.16. The molecular weight excluding hydrogens is 318 g/mol. The van der Waals surface area contributed by atoms with Gasteiger partial charge in [0, 0.05) is 37.6 Å². The van der Waals surface area contributed by atoms with Crippen molar-refractivity contribution in [1.82, 2.24) is 24.6 Å². The highest BCUT2D eigenvalue weighted by Gasteiger charge is 2.17. The molecule has 4 heterocycles. The first kappa shape index (κ1) is 15.8. The van der Waals surface area contributed by atoms with Gasteiger partial charge >= 0.3 is 0 Å². The molecule has 1 N–H and O–H groups in total. The third-order valence-corrected chi connectivity index (χ3v) is 4.23. The van der Waals surface area contributed by atoms with Crippen molar-refractivity contribution in [1.29, 1.82) is 0 Å². The van der Waals surface area contributed by atoms with Gasteiger partial charge in [0.25, 0.3) is 5.78 Å². The molecule has 130 valence electrons. The summed E-state index contributed by atoms with van der Waals surface area (Å²) in [7, 11) is 0. The molecule has 8 nitrogen and oxygen atoms in total. The number of anilines is 2. The van der Waals surface area contributed by atoms with Crippen molar-refractivity contribution in [3.8, 4) is 0 Å². The van der Waals surface area contributed by atoms with E-state index in [9.17, 15) is 0 Å². The van der Waals surface area contributed by atoms with Crippen LogP contribution in [0.4, 0.5) is 11.6 Å². The van der Waals surface area contributed by atoms with Crippen LogP contribution in [-0.2, 0) is 11.3 Å². The van der Waals surface area contributed by atoms with Gasteiger partial charge in [-0.1, -0.05) is 6.07 Å². The largest absolute Gasteiger partial charge is 0.375 e. The zero-order valence-electron chi connectivity index (χ0n) is 14.4. The monoisotopic (exact) mass is 339 g/mol. The molecule has 0 bridgehead atoms. The van der Waals surface area contributed by atoms with Gasteiger partial charge in [-0.15, -0.1) is 0 Å². The fourth-order valence-corrected chi connectivity index (χ4v) is 2.98. The lowest BCUT2D eigenvalue weighted by atomic mass is 10.2. The zero-order chi connectivity index (χ0) is 17.2. The quantitative estimate of drug-likeness (QED) is 0.774. The molecule has 1 atom stereocenters. The minimum Gasteiger partial charge on any atom is -0.375 e. The van der Waals surface area contributed by atoms with Crippen molar-refractivity contribution in [2.45, 2.75) is 26.5 Å². The van der Waals surface area contributed by atoms with E-state index in [4.69, 9.17) is 4.74 Å². The molecule has 1 fully saturated rings. The number of nitrogens with one attached hydrogen (secondary N) is 1. The number of fused-ring (bicyclic) bond motifs is 1. The molecular formula is C17H21N7O. The minimum absolute atomic E-state index is 0.247. The molecule has 8 heteroatoms. The van der Waals surface area contributed by atoms with Crippen LogP contribution in [0.1, 0.15) is 18.2 Å². The molecule has 0 amide bonds. The van der Waals surface area contributed by atoms with Crippen LogP contribution < -0.4 is 10.2 Å². The molecule has 0 radical (unpaired) electrons. The van der Waals surface area contributed by atoms with Gasteiger partial charge in [-0.3, -0.25) is 0 Å². The number of nitrogens with zero attached hydrogens (tertiary/aromatic N) is 6. The van der Waals surface area contributed by atoms with Crippen LogP contribution in [-0.4, -0.2) is 50.4 Å². The normalized spacial score (nSPS) is 17.8. The Morgan fingerprint density at radius 2 is 2.24 bits per heavy atom. The summed E-state index contributed by atoms with van der Waals surface area (Å²) in [4.78, 5) is 15.3. The number of aromatic nitrogens is 5. The number of pyridine rings is 1. The molecule has 4 rings (SSSR count). The molecule has 0 saturated carbocycles. The fraction of sp³-hybridized carbons (Fsp3) is 0.412. The molecule has 1 unspecified atom stereocenters. The van der Waals surface area contributed by atoms with Gasteiger partial charge in [0.15, 0.2) is 0 Å². The number of hydrogen-bond donors (Lipinski definition) is 1. The lowest BCUT2D eigenvalue weighted by Gasteiger charge is -2.32. The molecule has 1 aliphatic rings. The van der Waals surface area contributed by atoms with Crippen LogP contribution in [0, 0.1) is 6.92 Å². The molecule has 1 saturated heterocycles. The van der Waals surface area contributed by atoms with Crippen LogP contribution in [0.25, 0.3) is 5.78 Å². The van der Waals surface area contributed by atoms with Crippen molar-refractivity contribution in [3.05, 3.63) is 42.0 Å². The van der Waals surface area contributed by atoms with Gasteiger partial charge in [0.05, 0.1) is 12.7 Å². The third-order valence-electron chi connectivity index (χ3n) is 4.23. The van der Waals surface area contributed by atoms with Gasteiger partial charge in [-0.25, -0.2) is 9.97 Å². The summed E-state index contributed by atoms with van der Waals surface area (Å²) in [5.74, 6) is 2.46. The Morgan fingerprint density at radius 1 is 1.32 bits per heavy atom. The van der Waals surface area contributed by atoms with Crippen molar-refractivity contribution in [2.75, 3.05) is 29.9 Å². The van der Waals surface area contributed by atoms with E-state index in [-0.39, 0.29) is 6.10 Å². The van der Waals surface area contributed by atoms with E-state index in [0.29, 0.717) is 12.3 Å². The maximum atomic E-state index is 5.58. The van der Waals surface area contributed by atoms with Crippen LogP contribution in [0.2, 0.25) is 0 Å². The van der Waals surface area contributed by atoms with E-state index in [0.717, 1.165) is 42.6 Å². The average Bonchev–Trinajstić information content (AvgIpc) is 3.08. The van der Waals surface area contributed by atoms with Gasteiger partial charge in [-0.05, 0) is 25.5 Å². The van der Waals surface area contributed by atoms with Gasteiger partial charge in [0.2, 0.25) is 0 Å². The summed E-state index contributed by atoms with van der Waals surface area (Å²) in [5.41, 5.74) is 2.01. The number of morpholine rings is 1. The summed E-state index contributed by atoms with van der Waals surface area (Å²) in [5, 5.41) is 7.58. The van der Waals surface area contributed by atoms with Crippen LogP contribution in [0.15, 0.2) is 30.7 Å². The molecule has 25 heavy (non-hydrogen) atoms. The zero-order valence-corrected chi connectivity index (χ0v) is 14.4. The number of rotatable bonds is 4. The highest BCUT2D eigenvalue weighted by molar-refractivity contribution is 5.46. The van der Waals surface area contributed by atoms with E-state index in [1.807, 2.05) is 19.2 Å². The van der Waals surface area contributed by atoms with E-state index >= 15 is 0 Å². The Labute approximate surface area is 145 Å². The molecule has 0 spiro atoms. The van der Waals surface area contributed by atoms with Gasteiger partial charge < -0.3 is 15.0 Å². The second-order valence-corrected chi connectivity index (χ2v) is 6.26. The maximum absolute atomic E-state index is 5.58. The summed E-state index contributed by atoms with van der Waals surface area (Å²) in [6.45, 7) is 7.21. The number of ether oxygens (including phenoxy) is 1. The Balaban J connectivity index is 1.45. The summed E-state index contributed by atoms with van der Waals surface area (Å²) >= 11 is 0. The van der Waals surface area contributed by atoms with Crippen LogP contribution >= 0.6 is 0 Å². The maximum Gasteiger partial charge on any atom is 0.254 e. The Morgan fingerprint density at radius 3 is 3.04 bits per heavy atom. The predicted molar refractivity (Wildman–Crippen MR) is 94.7 cm³/mol. The summed E-state index contributed by atoms with van der Waals surface area (Å²) in [6, 6.07) is 6.12. The Hall–Kier alpha value is -2.74. The van der Waals surface area contributed by atoms with E-state index in [1.165, 1.54) is 6.33 Å². The molecule has 0 aromatic carbocycles. The lowest BCUT2D eigenvalue weighted by Crippen LogP contribution is -2.41. The van der Waals surface area contributed by atoms with Gasteiger partial charge in [0.1, 0.15) is 18.0 Å². The van der Waals surface area contributed by atoms with E-state index < -0.39 is 0 Å². The van der Waals surface area contributed by atoms with Crippen molar-refractivity contribution < 1.29 is 4.74 Å². The summed E-state index contributed by atoms with van der Waals surface area (Å²) in [6.07, 6.45) is 3.67. The van der Waals surface area contributed by atoms with E-state index in [1.54, 1.807) is 4.52 Å². The second kappa shape index (κ2) is 6.64. The molecule has 1 aliphatic heterocycles. The SMILES string of the molecule is Cc1cc(NCc2ccc(N3CCOC(C)C3)nc2)n2ncnc2n1. The molecule has 3 aromatic heterocycles. The van der Waals surface area contributed by atoms with Gasteiger partial charge in [-0.2, -0.15) is 14.6 Å². The van der Waals surface area contributed by atoms with Crippen molar-refractivity contribution in [2.24, 2.45) is 0 Å². The first-order valence-electron chi connectivity index (χ1n) is 8.42. The first-order valence-corrected chi connectivity index (χ1v) is 8.42. The van der Waals surface area contributed by atoms with Crippen LogP contribution in [0.5, 0.6) is 0 Å². The first-order chi connectivity index (χ1) is 12.2. The fourth-order valence-electron chi connectivity index (χ4n) is 2.98. The summed E-state index contributed by atoms with van der Waals surface area (Å²) < 4.78 is 7.28. The second-order valence-electron chi connectivity index (χ2n) is 6.26. The smallest absolute Gasteiger partial charge is 0.254 e. The highest BCUT2D eigenvalue weighted by atomic mass is 16.5. The minimum atomic E-state index is 0.247. The number of aryl methyl sites for hydroxylation is 1. The third kappa shape index (κ3) is 3.39.